The predicted octanol–water partition coefficient (Wildman–Crippen LogP) is -0.551. The highest BCUT2D eigenvalue weighted by Gasteiger charge is 2.06. The third kappa shape index (κ3) is 4.69. The van der Waals surface area contributed by atoms with Gasteiger partial charge >= 0.3 is 5.69 Å². The number of amides is 1. The van der Waals surface area contributed by atoms with Crippen LogP contribution in [0.3, 0.4) is 0 Å². The SMILES string of the molecule is O=C(CCc1n[nH]c(=O)[nH]c1=O)N/N=C/c1ccc([N+](=O)[O-])cc1. The molecule has 1 heterocycles. The summed E-state index contributed by atoms with van der Waals surface area (Å²) in [7, 11) is 0. The molecule has 2 rings (SSSR count). The summed E-state index contributed by atoms with van der Waals surface area (Å²) in [5, 5.41) is 19.8. The van der Waals surface area contributed by atoms with Crippen molar-refractivity contribution in [3.63, 3.8) is 0 Å². The number of aromatic nitrogens is 3. The number of carbonyl (C=O) groups excluding carboxylic acids is 1. The number of nitrogens with zero attached hydrogens (tertiary/aromatic N) is 3. The van der Waals surface area contributed by atoms with Gasteiger partial charge in [0.1, 0.15) is 5.69 Å². The molecular formula is C13H12N6O5. The molecule has 0 saturated carbocycles. The van der Waals surface area contributed by atoms with Gasteiger partial charge in [0.05, 0.1) is 11.1 Å². The minimum Gasteiger partial charge on any atom is -0.273 e. The summed E-state index contributed by atoms with van der Waals surface area (Å²) in [5.41, 5.74) is 1.44. The predicted molar refractivity (Wildman–Crippen MR) is 82.6 cm³/mol. The van der Waals surface area contributed by atoms with Gasteiger partial charge < -0.3 is 0 Å². The lowest BCUT2D eigenvalue weighted by Crippen LogP contribution is -2.28. The van der Waals surface area contributed by atoms with Gasteiger partial charge in [-0.25, -0.2) is 15.3 Å². The first-order valence-electron chi connectivity index (χ1n) is 6.70. The summed E-state index contributed by atoms with van der Waals surface area (Å²) in [5.74, 6) is -0.458. The average molecular weight is 332 g/mol. The molecule has 0 fully saturated rings. The third-order valence-electron chi connectivity index (χ3n) is 2.88. The quantitative estimate of drug-likeness (QED) is 0.365. The molecule has 0 saturated heterocycles. The van der Waals surface area contributed by atoms with Crippen molar-refractivity contribution in [1.82, 2.24) is 20.6 Å². The van der Waals surface area contributed by atoms with E-state index in [9.17, 15) is 24.5 Å². The Kier molecular flexibility index (Phi) is 5.28. The molecule has 0 radical (unpaired) electrons. The number of non-ortho nitro benzene ring substituents is 1. The summed E-state index contributed by atoms with van der Waals surface area (Å²) in [6.45, 7) is 0. The minimum atomic E-state index is -0.721. The standard InChI is InChI=1S/C13H12N6O5/c20-11(6-5-10-12(21)15-13(22)18-16-10)17-14-7-8-1-3-9(4-2-8)19(23)24/h1-4,7H,5-6H2,(H,17,20)(H2,15,18,21,22)/b14-7+. The van der Waals surface area contributed by atoms with E-state index in [0.717, 1.165) is 0 Å². The van der Waals surface area contributed by atoms with Gasteiger partial charge in [-0.3, -0.25) is 24.7 Å². The Balaban J connectivity index is 1.85. The number of carbonyl (C=O) groups is 1. The monoisotopic (exact) mass is 332 g/mol. The smallest absolute Gasteiger partial charge is 0.273 e. The minimum absolute atomic E-state index is 0.0316. The molecule has 11 nitrogen and oxygen atoms in total. The topological polar surface area (TPSA) is 163 Å². The van der Waals surface area contributed by atoms with E-state index in [1.54, 1.807) is 0 Å². The Morgan fingerprint density at radius 1 is 1.33 bits per heavy atom. The molecule has 1 aromatic carbocycles. The zero-order valence-corrected chi connectivity index (χ0v) is 12.2. The highest BCUT2D eigenvalue weighted by molar-refractivity contribution is 5.82. The van der Waals surface area contributed by atoms with Gasteiger partial charge in [0.25, 0.3) is 11.2 Å². The van der Waals surface area contributed by atoms with Crippen LogP contribution in [0.1, 0.15) is 17.7 Å². The maximum absolute atomic E-state index is 11.6. The number of hydrogen-bond acceptors (Lipinski definition) is 7. The molecule has 0 aliphatic carbocycles. The molecule has 0 aliphatic heterocycles. The van der Waals surface area contributed by atoms with E-state index in [-0.39, 0.29) is 24.2 Å². The van der Waals surface area contributed by atoms with Crippen LogP contribution in [0.5, 0.6) is 0 Å². The van der Waals surface area contributed by atoms with Crippen molar-refractivity contribution in [2.45, 2.75) is 12.8 Å². The normalized spacial score (nSPS) is 10.7. The number of hydrazone groups is 1. The zero-order valence-electron chi connectivity index (χ0n) is 12.2. The van der Waals surface area contributed by atoms with Gasteiger partial charge in [-0.1, -0.05) is 0 Å². The lowest BCUT2D eigenvalue weighted by molar-refractivity contribution is -0.384. The number of hydrogen-bond donors (Lipinski definition) is 3. The van der Waals surface area contributed by atoms with Crippen molar-refractivity contribution in [3.05, 3.63) is 66.5 Å². The molecule has 0 bridgehead atoms. The molecule has 0 unspecified atom stereocenters. The van der Waals surface area contributed by atoms with Crippen LogP contribution in [0.15, 0.2) is 39.0 Å². The van der Waals surface area contributed by atoms with Crippen LogP contribution >= 0.6 is 0 Å². The largest absolute Gasteiger partial charge is 0.342 e. The number of nitrogens with one attached hydrogen (secondary N) is 3. The van der Waals surface area contributed by atoms with E-state index in [1.165, 1.54) is 30.5 Å². The fourth-order valence-electron chi connectivity index (χ4n) is 1.69. The van der Waals surface area contributed by atoms with Crippen LogP contribution in [-0.4, -0.2) is 32.2 Å². The van der Waals surface area contributed by atoms with Crippen molar-refractivity contribution >= 4 is 17.8 Å². The molecule has 0 aliphatic rings. The number of nitro benzene ring substituents is 1. The lowest BCUT2D eigenvalue weighted by Gasteiger charge is -1.99. The average Bonchev–Trinajstić information content (AvgIpc) is 2.54. The summed E-state index contributed by atoms with van der Waals surface area (Å²) in [6, 6.07) is 5.60. The van der Waals surface area contributed by atoms with Crippen LogP contribution in [0.4, 0.5) is 5.69 Å². The fourth-order valence-corrected chi connectivity index (χ4v) is 1.69. The summed E-state index contributed by atoms with van der Waals surface area (Å²) in [4.78, 5) is 45.8. The molecule has 1 amide bonds. The molecule has 1 aromatic heterocycles. The molecule has 0 spiro atoms. The van der Waals surface area contributed by atoms with E-state index in [0.29, 0.717) is 5.56 Å². The van der Waals surface area contributed by atoms with Crippen molar-refractivity contribution in [2.24, 2.45) is 5.10 Å². The van der Waals surface area contributed by atoms with Crippen molar-refractivity contribution in [2.75, 3.05) is 0 Å². The highest BCUT2D eigenvalue weighted by Crippen LogP contribution is 2.10. The molecule has 0 atom stereocenters. The van der Waals surface area contributed by atoms with Crippen LogP contribution < -0.4 is 16.7 Å². The lowest BCUT2D eigenvalue weighted by atomic mass is 10.2. The number of H-pyrrole nitrogens is 2. The first-order chi connectivity index (χ1) is 11.5. The van der Waals surface area contributed by atoms with Gasteiger partial charge in [-0.2, -0.15) is 10.2 Å². The van der Waals surface area contributed by atoms with Crippen LogP contribution in [0, 0.1) is 10.1 Å². The maximum atomic E-state index is 11.6. The van der Waals surface area contributed by atoms with Gasteiger partial charge in [0.2, 0.25) is 5.91 Å². The second-order valence-corrected chi connectivity index (χ2v) is 4.60. The van der Waals surface area contributed by atoms with Gasteiger partial charge in [0.15, 0.2) is 0 Å². The van der Waals surface area contributed by atoms with Crippen LogP contribution in [-0.2, 0) is 11.2 Å². The molecule has 24 heavy (non-hydrogen) atoms. The van der Waals surface area contributed by atoms with E-state index in [1.807, 2.05) is 4.98 Å². The van der Waals surface area contributed by atoms with E-state index < -0.39 is 22.1 Å². The van der Waals surface area contributed by atoms with Gasteiger partial charge in [-0.15, -0.1) is 0 Å². The Hall–Kier alpha value is -3.63. The molecule has 3 N–H and O–H groups in total. The number of benzene rings is 1. The summed E-state index contributed by atoms with van der Waals surface area (Å²) < 4.78 is 0. The third-order valence-corrected chi connectivity index (χ3v) is 2.88. The Morgan fingerprint density at radius 2 is 2.04 bits per heavy atom. The first kappa shape index (κ1) is 16.7. The number of rotatable bonds is 6. The van der Waals surface area contributed by atoms with Crippen LogP contribution in [0.25, 0.3) is 0 Å². The van der Waals surface area contributed by atoms with Crippen molar-refractivity contribution in [1.29, 1.82) is 0 Å². The second-order valence-electron chi connectivity index (χ2n) is 4.60. The second kappa shape index (κ2) is 7.58. The van der Waals surface area contributed by atoms with E-state index in [2.05, 4.69) is 20.7 Å². The van der Waals surface area contributed by atoms with Crippen molar-refractivity contribution in [3.8, 4) is 0 Å². The summed E-state index contributed by atoms with van der Waals surface area (Å²) in [6.07, 6.45) is 1.30. The van der Waals surface area contributed by atoms with E-state index in [4.69, 9.17) is 0 Å². The zero-order chi connectivity index (χ0) is 17.5. The van der Waals surface area contributed by atoms with Crippen LogP contribution in [0.2, 0.25) is 0 Å². The summed E-state index contributed by atoms with van der Waals surface area (Å²) >= 11 is 0. The number of nitro groups is 1. The molecule has 11 heteroatoms. The maximum Gasteiger partial charge on any atom is 0.342 e. The molecule has 124 valence electrons. The molecule has 2 aromatic rings. The number of aromatic amines is 2. The number of aryl methyl sites for hydroxylation is 1. The van der Waals surface area contributed by atoms with Crippen molar-refractivity contribution < 1.29 is 9.72 Å². The Labute approximate surface area is 133 Å². The van der Waals surface area contributed by atoms with E-state index >= 15 is 0 Å². The first-order valence-corrected chi connectivity index (χ1v) is 6.70. The Bertz CT molecular complexity index is 883. The fraction of sp³-hybridized carbons (Fsp3) is 0.154. The Morgan fingerprint density at radius 3 is 2.67 bits per heavy atom. The highest BCUT2D eigenvalue weighted by atomic mass is 16.6. The van der Waals surface area contributed by atoms with Gasteiger partial charge in [0, 0.05) is 25.0 Å². The molecular weight excluding hydrogens is 320 g/mol. The van der Waals surface area contributed by atoms with Gasteiger partial charge in [-0.05, 0) is 17.7 Å².